The maximum Gasteiger partial charge on any atom is 0.254 e. The van der Waals surface area contributed by atoms with Gasteiger partial charge in [0.15, 0.2) is 0 Å². The minimum absolute atomic E-state index is 0.0873. The van der Waals surface area contributed by atoms with Gasteiger partial charge in [0.25, 0.3) is 5.91 Å². The van der Waals surface area contributed by atoms with Crippen molar-refractivity contribution >= 4 is 16.8 Å². The fraction of sp³-hybridized carbons (Fsp3) is 0.188. The number of amides is 1. The van der Waals surface area contributed by atoms with E-state index in [2.05, 4.69) is 10.3 Å². The van der Waals surface area contributed by atoms with E-state index in [1.54, 1.807) is 6.26 Å². The predicted molar refractivity (Wildman–Crippen MR) is 77.7 cm³/mol. The summed E-state index contributed by atoms with van der Waals surface area (Å²) in [6.45, 7) is 4.34. The average molecular weight is 268 g/mol. The second kappa shape index (κ2) is 4.89. The van der Waals surface area contributed by atoms with Crippen LogP contribution in [0.15, 0.2) is 41.0 Å². The largest absolute Gasteiger partial charge is 0.467 e. The number of hydrogen-bond acceptors (Lipinski definition) is 2. The summed E-state index contributed by atoms with van der Waals surface area (Å²) in [6, 6.07) is 9.61. The van der Waals surface area contributed by atoms with E-state index in [1.165, 1.54) is 0 Å². The molecule has 0 saturated heterocycles. The summed E-state index contributed by atoms with van der Waals surface area (Å²) >= 11 is 0. The highest BCUT2D eigenvalue weighted by molar-refractivity contribution is 6.08. The summed E-state index contributed by atoms with van der Waals surface area (Å²) in [7, 11) is 0. The van der Waals surface area contributed by atoms with Gasteiger partial charge in [-0.05, 0) is 31.5 Å². The molecule has 1 aromatic carbocycles. The normalized spacial score (nSPS) is 10.9. The number of para-hydroxylation sites is 1. The Morgan fingerprint density at radius 2 is 2.10 bits per heavy atom. The first-order chi connectivity index (χ1) is 9.66. The predicted octanol–water partition coefficient (Wildman–Crippen LogP) is 3.31. The van der Waals surface area contributed by atoms with Gasteiger partial charge >= 0.3 is 0 Å². The minimum atomic E-state index is -0.0873. The highest BCUT2D eigenvalue weighted by Crippen LogP contribution is 2.24. The zero-order chi connectivity index (χ0) is 14.1. The first kappa shape index (κ1) is 12.5. The van der Waals surface area contributed by atoms with E-state index >= 15 is 0 Å². The molecular formula is C16H16N2O2. The molecule has 1 amide bonds. The molecule has 2 aromatic heterocycles. The zero-order valence-electron chi connectivity index (χ0n) is 11.5. The first-order valence-corrected chi connectivity index (χ1v) is 6.55. The maximum absolute atomic E-state index is 12.4. The average Bonchev–Trinajstić information content (AvgIpc) is 3.04. The molecule has 0 aliphatic carbocycles. The fourth-order valence-electron chi connectivity index (χ4n) is 2.46. The zero-order valence-corrected chi connectivity index (χ0v) is 11.5. The van der Waals surface area contributed by atoms with Gasteiger partial charge in [-0.25, -0.2) is 0 Å². The van der Waals surface area contributed by atoms with Crippen molar-refractivity contribution < 1.29 is 9.21 Å². The molecule has 0 spiro atoms. The van der Waals surface area contributed by atoms with Crippen LogP contribution in [-0.4, -0.2) is 10.9 Å². The lowest BCUT2D eigenvalue weighted by atomic mass is 10.1. The number of carbonyl (C=O) groups is 1. The molecule has 0 aliphatic heterocycles. The summed E-state index contributed by atoms with van der Waals surface area (Å²) < 4.78 is 5.22. The Balaban J connectivity index is 1.91. The number of furan rings is 1. The van der Waals surface area contributed by atoms with Gasteiger partial charge in [0.05, 0.1) is 18.4 Å². The number of benzene rings is 1. The molecule has 20 heavy (non-hydrogen) atoms. The Hall–Kier alpha value is -2.49. The van der Waals surface area contributed by atoms with Gasteiger partial charge in [0, 0.05) is 16.6 Å². The molecular weight excluding hydrogens is 252 g/mol. The molecule has 0 bridgehead atoms. The van der Waals surface area contributed by atoms with Crippen molar-refractivity contribution in [3.63, 3.8) is 0 Å². The van der Waals surface area contributed by atoms with Crippen LogP contribution in [0.3, 0.4) is 0 Å². The van der Waals surface area contributed by atoms with E-state index in [4.69, 9.17) is 4.42 Å². The van der Waals surface area contributed by atoms with Crippen LogP contribution in [0.5, 0.6) is 0 Å². The number of fused-ring (bicyclic) bond motifs is 1. The number of carbonyl (C=O) groups excluding carboxylic acids is 1. The smallest absolute Gasteiger partial charge is 0.254 e. The number of aryl methyl sites for hydroxylation is 2. The number of hydrogen-bond donors (Lipinski definition) is 2. The molecule has 0 saturated carbocycles. The van der Waals surface area contributed by atoms with E-state index in [-0.39, 0.29) is 5.91 Å². The van der Waals surface area contributed by atoms with Gasteiger partial charge in [0.1, 0.15) is 5.76 Å². The van der Waals surface area contributed by atoms with Crippen molar-refractivity contribution in [1.29, 1.82) is 0 Å². The molecule has 0 fully saturated rings. The number of aromatic amines is 1. The molecule has 2 heterocycles. The Bertz CT molecular complexity index is 754. The topological polar surface area (TPSA) is 58.0 Å². The van der Waals surface area contributed by atoms with Gasteiger partial charge < -0.3 is 14.7 Å². The molecule has 3 aromatic rings. The molecule has 0 radical (unpaired) electrons. The van der Waals surface area contributed by atoms with Crippen LogP contribution in [0.25, 0.3) is 10.9 Å². The Kier molecular flexibility index (Phi) is 3.06. The Labute approximate surface area is 116 Å². The molecule has 0 atom stereocenters. The van der Waals surface area contributed by atoms with Gasteiger partial charge in [-0.1, -0.05) is 18.2 Å². The number of H-pyrrole nitrogens is 1. The highest BCUT2D eigenvalue weighted by Gasteiger charge is 2.16. The van der Waals surface area contributed by atoms with Crippen molar-refractivity contribution in [2.45, 2.75) is 20.4 Å². The number of aromatic nitrogens is 1. The molecule has 2 N–H and O–H groups in total. The molecule has 0 unspecified atom stereocenters. The van der Waals surface area contributed by atoms with E-state index in [0.717, 1.165) is 27.9 Å². The lowest BCUT2D eigenvalue weighted by Gasteiger charge is -2.03. The summed E-state index contributed by atoms with van der Waals surface area (Å²) in [5.74, 6) is 0.655. The van der Waals surface area contributed by atoms with Crippen molar-refractivity contribution in [2.75, 3.05) is 0 Å². The van der Waals surface area contributed by atoms with Crippen LogP contribution in [0.4, 0.5) is 0 Å². The number of nitrogens with one attached hydrogen (secondary N) is 2. The van der Waals surface area contributed by atoms with Crippen molar-refractivity contribution in [1.82, 2.24) is 10.3 Å². The fourth-order valence-corrected chi connectivity index (χ4v) is 2.46. The summed E-state index contributed by atoms with van der Waals surface area (Å²) in [5, 5.41) is 3.85. The van der Waals surface area contributed by atoms with Crippen LogP contribution in [-0.2, 0) is 6.54 Å². The lowest BCUT2D eigenvalue weighted by Crippen LogP contribution is -2.23. The van der Waals surface area contributed by atoms with Gasteiger partial charge in [0.2, 0.25) is 0 Å². The Morgan fingerprint density at radius 1 is 1.25 bits per heavy atom. The molecule has 0 aliphatic rings. The monoisotopic (exact) mass is 268 g/mol. The Morgan fingerprint density at radius 3 is 2.85 bits per heavy atom. The van der Waals surface area contributed by atoms with Crippen molar-refractivity contribution in [2.24, 2.45) is 0 Å². The second-order valence-corrected chi connectivity index (χ2v) is 4.88. The van der Waals surface area contributed by atoms with Gasteiger partial charge in [-0.15, -0.1) is 0 Å². The minimum Gasteiger partial charge on any atom is -0.467 e. The van der Waals surface area contributed by atoms with E-state index in [0.29, 0.717) is 12.1 Å². The number of rotatable bonds is 3. The summed E-state index contributed by atoms with van der Waals surface area (Å²) in [6.07, 6.45) is 1.60. The summed E-state index contributed by atoms with van der Waals surface area (Å²) in [4.78, 5) is 15.7. The van der Waals surface area contributed by atoms with Crippen molar-refractivity contribution in [3.8, 4) is 0 Å². The molecule has 3 rings (SSSR count). The van der Waals surface area contributed by atoms with Crippen molar-refractivity contribution in [3.05, 3.63) is 59.2 Å². The third-order valence-corrected chi connectivity index (χ3v) is 3.46. The molecule has 4 nitrogen and oxygen atoms in total. The molecule has 4 heteroatoms. The second-order valence-electron chi connectivity index (χ2n) is 4.88. The third-order valence-electron chi connectivity index (χ3n) is 3.46. The highest BCUT2D eigenvalue weighted by atomic mass is 16.3. The standard InChI is InChI=1S/C16H16N2O2/c1-10-5-3-7-13-14(11(2)18-15(10)13)16(19)17-9-12-6-4-8-20-12/h3-8,18H,9H2,1-2H3,(H,17,19). The summed E-state index contributed by atoms with van der Waals surface area (Å²) in [5.41, 5.74) is 3.74. The SMILES string of the molecule is Cc1[nH]c2c(C)cccc2c1C(=O)NCc1ccco1. The third kappa shape index (κ3) is 2.09. The molecule has 102 valence electrons. The van der Waals surface area contributed by atoms with Crippen LogP contribution < -0.4 is 5.32 Å². The first-order valence-electron chi connectivity index (χ1n) is 6.55. The lowest BCUT2D eigenvalue weighted by molar-refractivity contribution is 0.0949. The van der Waals surface area contributed by atoms with Crippen LogP contribution in [0.1, 0.15) is 27.4 Å². The van der Waals surface area contributed by atoms with E-state index in [1.807, 2.05) is 44.2 Å². The maximum atomic E-state index is 12.4. The van der Waals surface area contributed by atoms with Crippen LogP contribution >= 0.6 is 0 Å². The van der Waals surface area contributed by atoms with Crippen LogP contribution in [0, 0.1) is 13.8 Å². The van der Waals surface area contributed by atoms with Gasteiger partial charge in [-0.2, -0.15) is 0 Å². The van der Waals surface area contributed by atoms with E-state index < -0.39 is 0 Å². The van der Waals surface area contributed by atoms with E-state index in [9.17, 15) is 4.79 Å². The van der Waals surface area contributed by atoms with Gasteiger partial charge in [-0.3, -0.25) is 4.79 Å². The quantitative estimate of drug-likeness (QED) is 0.765. The van der Waals surface area contributed by atoms with Crippen LogP contribution in [0.2, 0.25) is 0 Å².